The molecule has 0 aromatic carbocycles. The molecule has 0 saturated heterocycles. The van der Waals surface area contributed by atoms with E-state index in [-0.39, 0.29) is 0 Å². The van der Waals surface area contributed by atoms with Gasteiger partial charge in [0.25, 0.3) is 0 Å². The summed E-state index contributed by atoms with van der Waals surface area (Å²) in [6, 6.07) is 0. The average molecular weight is 236 g/mol. The van der Waals surface area contributed by atoms with Crippen LogP contribution in [0.4, 0.5) is 0 Å². The number of hydrogen-bond acceptors (Lipinski definition) is 0. The fourth-order valence-corrected chi connectivity index (χ4v) is 1.87. The molecule has 100 valence electrons. The Morgan fingerprint density at radius 1 is 0.471 bits per heavy atom. The number of unbranched alkanes of at least 4 members (excludes halogenated alkanes) is 8. The molecule has 17 heavy (non-hydrogen) atoms. The smallest absolute Gasteiger partial charge is 0.0316 e. The van der Waals surface area contributed by atoms with Crippen molar-refractivity contribution in [2.75, 3.05) is 0 Å². The van der Waals surface area contributed by atoms with Crippen LogP contribution in [0, 0.1) is 0 Å². The second kappa shape index (κ2) is 15.5. The predicted octanol–water partition coefficient (Wildman–Crippen LogP) is 6.43. The van der Waals surface area contributed by atoms with Gasteiger partial charge in [-0.15, -0.1) is 0 Å². The summed E-state index contributed by atoms with van der Waals surface area (Å²) in [5.41, 5.74) is 0. The highest BCUT2D eigenvalue weighted by Gasteiger charge is 1.87. The number of hydrogen-bond donors (Lipinski definition) is 0. The van der Waals surface area contributed by atoms with E-state index in [1.807, 2.05) is 0 Å². The molecule has 0 N–H and O–H groups in total. The summed E-state index contributed by atoms with van der Waals surface area (Å²) in [6.07, 6.45) is 24.0. The summed E-state index contributed by atoms with van der Waals surface area (Å²) < 4.78 is 0. The Balaban J connectivity index is 3.09. The van der Waals surface area contributed by atoms with Gasteiger partial charge in [-0.3, -0.25) is 0 Å². The van der Waals surface area contributed by atoms with Crippen molar-refractivity contribution in [3.05, 3.63) is 24.3 Å². The van der Waals surface area contributed by atoms with Gasteiger partial charge in [0.1, 0.15) is 0 Å². The highest BCUT2D eigenvalue weighted by Crippen LogP contribution is 2.07. The van der Waals surface area contributed by atoms with Crippen LogP contribution in [-0.2, 0) is 0 Å². The Morgan fingerprint density at radius 3 is 1.65 bits per heavy atom. The lowest BCUT2D eigenvalue weighted by Gasteiger charge is -1.97. The minimum atomic E-state index is 1.22. The molecule has 0 aliphatic carbocycles. The molecular weight excluding hydrogens is 204 g/mol. The molecule has 0 aliphatic rings. The molecule has 0 heterocycles. The normalized spacial score (nSPS) is 11.9. The summed E-state index contributed by atoms with van der Waals surface area (Å²) >= 11 is 0. The van der Waals surface area contributed by atoms with Crippen molar-refractivity contribution in [2.24, 2.45) is 0 Å². The van der Waals surface area contributed by atoms with Gasteiger partial charge >= 0.3 is 0 Å². The van der Waals surface area contributed by atoms with E-state index in [4.69, 9.17) is 0 Å². The molecule has 0 unspecified atom stereocenters. The van der Waals surface area contributed by atoms with Crippen LogP contribution in [0.25, 0.3) is 0 Å². The quantitative estimate of drug-likeness (QED) is 0.270. The topological polar surface area (TPSA) is 0 Å². The maximum Gasteiger partial charge on any atom is -0.0316 e. The molecule has 0 aliphatic heterocycles. The van der Waals surface area contributed by atoms with Gasteiger partial charge in [-0.25, -0.2) is 0 Å². The van der Waals surface area contributed by atoms with Crippen LogP contribution in [0.3, 0.4) is 0 Å². The van der Waals surface area contributed by atoms with Gasteiger partial charge in [0.05, 0.1) is 0 Å². The molecule has 0 bridgehead atoms. The highest BCUT2D eigenvalue weighted by atomic mass is 13.9. The van der Waals surface area contributed by atoms with Gasteiger partial charge in [-0.2, -0.15) is 0 Å². The third kappa shape index (κ3) is 15.5. The highest BCUT2D eigenvalue weighted by molar-refractivity contribution is 4.87. The molecule has 0 radical (unpaired) electrons. The van der Waals surface area contributed by atoms with Gasteiger partial charge in [0.2, 0.25) is 0 Å². The Labute approximate surface area is 109 Å². The summed E-state index contributed by atoms with van der Waals surface area (Å²) in [5, 5.41) is 0. The Kier molecular flexibility index (Phi) is 15.0. The van der Waals surface area contributed by atoms with Crippen LogP contribution in [0.1, 0.15) is 84.5 Å². The minimum absolute atomic E-state index is 1.22. The first-order valence-corrected chi connectivity index (χ1v) is 7.71. The van der Waals surface area contributed by atoms with Crippen molar-refractivity contribution < 1.29 is 0 Å². The van der Waals surface area contributed by atoms with Crippen molar-refractivity contribution in [3.63, 3.8) is 0 Å². The maximum atomic E-state index is 2.37. The van der Waals surface area contributed by atoms with E-state index >= 15 is 0 Å². The van der Waals surface area contributed by atoms with Crippen molar-refractivity contribution in [2.45, 2.75) is 84.5 Å². The molecule has 0 saturated carbocycles. The van der Waals surface area contributed by atoms with Crippen molar-refractivity contribution in [1.82, 2.24) is 0 Å². The van der Waals surface area contributed by atoms with E-state index < -0.39 is 0 Å². The Hall–Kier alpha value is -0.520. The largest absolute Gasteiger partial charge is 0.0885 e. The molecule has 0 rings (SSSR count). The third-order valence-corrected chi connectivity index (χ3v) is 3.01. The molecular formula is C17H32. The lowest BCUT2D eigenvalue weighted by molar-refractivity contribution is 0.611. The first-order valence-electron chi connectivity index (χ1n) is 7.71. The zero-order chi connectivity index (χ0) is 12.6. The van der Waals surface area contributed by atoms with Gasteiger partial charge in [-0.1, -0.05) is 76.7 Å². The van der Waals surface area contributed by atoms with Gasteiger partial charge in [0, 0.05) is 0 Å². The van der Waals surface area contributed by atoms with Crippen LogP contribution in [0.15, 0.2) is 24.3 Å². The number of rotatable bonds is 12. The zero-order valence-corrected chi connectivity index (χ0v) is 12.1. The van der Waals surface area contributed by atoms with Crippen LogP contribution in [-0.4, -0.2) is 0 Å². The van der Waals surface area contributed by atoms with E-state index in [0.29, 0.717) is 0 Å². The summed E-state index contributed by atoms with van der Waals surface area (Å²) in [7, 11) is 0. The summed E-state index contributed by atoms with van der Waals surface area (Å²) in [5.74, 6) is 0. The van der Waals surface area contributed by atoms with E-state index in [0.717, 1.165) is 0 Å². The summed E-state index contributed by atoms with van der Waals surface area (Å²) in [6.45, 7) is 4.50. The SMILES string of the molecule is CCC/C=C\CC/C=C\CCCCCCCC. The molecule has 0 fully saturated rings. The average Bonchev–Trinajstić information content (AvgIpc) is 2.35. The second-order valence-corrected chi connectivity index (χ2v) is 4.87. The monoisotopic (exact) mass is 236 g/mol. The standard InChI is InChI=1S/C17H32/c1-3-5-7-9-11-13-15-17-16-14-12-10-8-6-4-2/h7,9,15,17H,3-6,8,10-14,16H2,1-2H3/b9-7-,17-15-. The number of allylic oxidation sites excluding steroid dienone is 4. The molecule has 0 aromatic heterocycles. The molecule has 0 aromatic rings. The lowest BCUT2D eigenvalue weighted by Crippen LogP contribution is -1.77. The van der Waals surface area contributed by atoms with Gasteiger partial charge in [0.15, 0.2) is 0 Å². The van der Waals surface area contributed by atoms with E-state index in [9.17, 15) is 0 Å². The second-order valence-electron chi connectivity index (χ2n) is 4.87. The zero-order valence-electron chi connectivity index (χ0n) is 12.1. The van der Waals surface area contributed by atoms with Crippen LogP contribution in [0.5, 0.6) is 0 Å². The molecule has 0 amide bonds. The van der Waals surface area contributed by atoms with E-state index in [2.05, 4.69) is 38.2 Å². The van der Waals surface area contributed by atoms with Crippen molar-refractivity contribution >= 4 is 0 Å². The maximum absolute atomic E-state index is 2.37. The molecule has 0 spiro atoms. The van der Waals surface area contributed by atoms with Crippen molar-refractivity contribution in [3.8, 4) is 0 Å². The van der Waals surface area contributed by atoms with E-state index in [1.165, 1.54) is 70.6 Å². The lowest BCUT2D eigenvalue weighted by atomic mass is 10.1. The van der Waals surface area contributed by atoms with E-state index in [1.54, 1.807) is 0 Å². The molecule has 0 nitrogen and oxygen atoms in total. The first-order chi connectivity index (χ1) is 8.41. The van der Waals surface area contributed by atoms with Crippen LogP contribution in [0.2, 0.25) is 0 Å². The van der Waals surface area contributed by atoms with Gasteiger partial charge < -0.3 is 0 Å². The first kappa shape index (κ1) is 16.5. The third-order valence-electron chi connectivity index (χ3n) is 3.01. The fourth-order valence-electron chi connectivity index (χ4n) is 1.87. The van der Waals surface area contributed by atoms with Crippen molar-refractivity contribution in [1.29, 1.82) is 0 Å². The van der Waals surface area contributed by atoms with Crippen LogP contribution >= 0.6 is 0 Å². The van der Waals surface area contributed by atoms with Crippen LogP contribution < -0.4 is 0 Å². The Bertz CT molecular complexity index is 176. The molecule has 0 heteroatoms. The Morgan fingerprint density at radius 2 is 1.00 bits per heavy atom. The predicted molar refractivity (Wildman–Crippen MR) is 80.4 cm³/mol. The summed E-state index contributed by atoms with van der Waals surface area (Å²) in [4.78, 5) is 0. The van der Waals surface area contributed by atoms with Gasteiger partial charge in [-0.05, 0) is 32.1 Å². The fraction of sp³-hybridized carbons (Fsp3) is 0.765. The minimum Gasteiger partial charge on any atom is -0.0885 e. The molecule has 0 atom stereocenters.